The minimum atomic E-state index is -0.243. The van der Waals surface area contributed by atoms with Crippen LogP contribution in [0.2, 0.25) is 0 Å². The zero-order chi connectivity index (χ0) is 20.3. The molecule has 0 fully saturated rings. The summed E-state index contributed by atoms with van der Waals surface area (Å²) in [6.45, 7) is 25.1. The highest BCUT2D eigenvalue weighted by molar-refractivity contribution is 5.45. The molecule has 2 nitrogen and oxygen atoms in total. The molecule has 1 rings (SSSR count). The fraction of sp³-hybridized carbons (Fsp3) is 0.750. The Morgan fingerprint density at radius 2 is 1.38 bits per heavy atom. The first kappa shape index (κ1) is 23.0. The van der Waals surface area contributed by atoms with Crippen LogP contribution in [0.4, 0.5) is 0 Å². The first-order valence-corrected chi connectivity index (χ1v) is 10.1. The SMILES string of the molecule is Cc1cc(C(C)(C)CC(C)(C)C)cc(C)c1OC(C)(C)CCOC(C)C. The largest absolute Gasteiger partial charge is 0.487 e. The van der Waals surface area contributed by atoms with Crippen LogP contribution in [-0.4, -0.2) is 18.3 Å². The summed E-state index contributed by atoms with van der Waals surface area (Å²) in [4.78, 5) is 0. The molecule has 0 N–H and O–H groups in total. The number of ether oxygens (including phenoxy) is 2. The van der Waals surface area contributed by atoms with Crippen molar-refractivity contribution in [3.05, 3.63) is 28.8 Å². The van der Waals surface area contributed by atoms with Gasteiger partial charge in [0.05, 0.1) is 12.7 Å². The Balaban J connectivity index is 3.00. The lowest BCUT2D eigenvalue weighted by molar-refractivity contribution is 0.0225. The predicted octanol–water partition coefficient (Wildman–Crippen LogP) is 6.99. The van der Waals surface area contributed by atoms with E-state index in [9.17, 15) is 0 Å². The highest BCUT2D eigenvalue weighted by Gasteiger charge is 2.29. The second-order valence-corrected chi connectivity index (χ2v) is 10.6. The molecule has 0 spiro atoms. The standard InChI is InChI=1S/C24H42O2/c1-17(2)25-13-12-24(10,11)26-21-18(3)14-20(15-19(21)4)23(8,9)16-22(5,6)7/h14-15,17H,12-13,16H2,1-11H3. The molecule has 0 aliphatic rings. The highest BCUT2D eigenvalue weighted by Crippen LogP contribution is 2.39. The van der Waals surface area contributed by atoms with Crippen molar-refractivity contribution in [2.75, 3.05) is 6.61 Å². The molecule has 1 aromatic carbocycles. The van der Waals surface area contributed by atoms with Gasteiger partial charge in [0.15, 0.2) is 0 Å². The van der Waals surface area contributed by atoms with Gasteiger partial charge in [0.2, 0.25) is 0 Å². The van der Waals surface area contributed by atoms with Crippen molar-refractivity contribution in [2.45, 2.75) is 106 Å². The molecule has 0 amide bonds. The van der Waals surface area contributed by atoms with Gasteiger partial charge in [-0.2, -0.15) is 0 Å². The average Bonchev–Trinajstić information content (AvgIpc) is 2.39. The van der Waals surface area contributed by atoms with Gasteiger partial charge in [-0.05, 0) is 75.5 Å². The third-order valence-corrected chi connectivity index (χ3v) is 4.75. The molecule has 0 saturated carbocycles. The van der Waals surface area contributed by atoms with Gasteiger partial charge in [0.25, 0.3) is 0 Å². The maximum atomic E-state index is 6.43. The summed E-state index contributed by atoms with van der Waals surface area (Å²) in [5, 5.41) is 0. The van der Waals surface area contributed by atoms with Crippen LogP contribution in [0.3, 0.4) is 0 Å². The van der Waals surface area contributed by atoms with Gasteiger partial charge in [-0.3, -0.25) is 0 Å². The van der Waals surface area contributed by atoms with Crippen LogP contribution in [0.15, 0.2) is 12.1 Å². The van der Waals surface area contributed by atoms with Crippen LogP contribution in [0.25, 0.3) is 0 Å². The third-order valence-electron chi connectivity index (χ3n) is 4.75. The van der Waals surface area contributed by atoms with Gasteiger partial charge in [-0.15, -0.1) is 0 Å². The van der Waals surface area contributed by atoms with Crippen molar-refractivity contribution in [1.29, 1.82) is 0 Å². The number of aryl methyl sites for hydroxylation is 2. The molecule has 0 unspecified atom stereocenters. The van der Waals surface area contributed by atoms with Crippen LogP contribution in [0.1, 0.15) is 91.8 Å². The normalized spacial score (nSPS) is 13.4. The van der Waals surface area contributed by atoms with E-state index in [4.69, 9.17) is 9.47 Å². The van der Waals surface area contributed by atoms with Crippen LogP contribution in [0, 0.1) is 19.3 Å². The van der Waals surface area contributed by atoms with E-state index in [0.717, 1.165) is 25.2 Å². The Kier molecular flexibility index (Phi) is 7.38. The highest BCUT2D eigenvalue weighted by atomic mass is 16.5. The molecule has 0 radical (unpaired) electrons. The first-order valence-electron chi connectivity index (χ1n) is 10.1. The molecule has 0 aromatic heterocycles. The molecule has 150 valence electrons. The van der Waals surface area contributed by atoms with E-state index in [1.807, 2.05) is 0 Å². The van der Waals surface area contributed by atoms with Crippen molar-refractivity contribution in [3.63, 3.8) is 0 Å². The summed E-state index contributed by atoms with van der Waals surface area (Å²) in [7, 11) is 0. The van der Waals surface area contributed by atoms with Crippen molar-refractivity contribution < 1.29 is 9.47 Å². The smallest absolute Gasteiger partial charge is 0.125 e. The maximum absolute atomic E-state index is 6.43. The van der Waals surface area contributed by atoms with Gasteiger partial charge in [0.1, 0.15) is 11.4 Å². The van der Waals surface area contributed by atoms with E-state index >= 15 is 0 Å². The predicted molar refractivity (Wildman–Crippen MR) is 113 cm³/mol. The summed E-state index contributed by atoms with van der Waals surface area (Å²) >= 11 is 0. The van der Waals surface area contributed by atoms with E-state index in [1.54, 1.807) is 0 Å². The lowest BCUT2D eigenvalue weighted by Crippen LogP contribution is -2.31. The van der Waals surface area contributed by atoms with Gasteiger partial charge in [-0.1, -0.05) is 46.8 Å². The summed E-state index contributed by atoms with van der Waals surface area (Å²) in [6.07, 6.45) is 2.29. The summed E-state index contributed by atoms with van der Waals surface area (Å²) < 4.78 is 12.1. The summed E-state index contributed by atoms with van der Waals surface area (Å²) in [6, 6.07) is 4.63. The van der Waals surface area contributed by atoms with E-state index in [1.165, 1.54) is 16.7 Å². The second-order valence-electron chi connectivity index (χ2n) is 10.6. The molecule has 0 aliphatic heterocycles. The van der Waals surface area contributed by atoms with Crippen LogP contribution in [0.5, 0.6) is 5.75 Å². The molecular formula is C24H42O2. The van der Waals surface area contributed by atoms with Gasteiger partial charge < -0.3 is 9.47 Å². The van der Waals surface area contributed by atoms with Gasteiger partial charge in [0, 0.05) is 6.42 Å². The van der Waals surface area contributed by atoms with E-state index in [0.29, 0.717) is 5.41 Å². The molecule has 0 saturated heterocycles. The molecule has 1 aromatic rings. The van der Waals surface area contributed by atoms with Gasteiger partial charge in [-0.25, -0.2) is 0 Å². The van der Waals surface area contributed by atoms with Crippen LogP contribution >= 0.6 is 0 Å². The quantitative estimate of drug-likeness (QED) is 0.496. The third kappa shape index (κ3) is 7.31. The molecule has 0 aliphatic carbocycles. The lowest BCUT2D eigenvalue weighted by Gasteiger charge is -2.34. The minimum absolute atomic E-state index is 0.146. The van der Waals surface area contributed by atoms with Crippen molar-refractivity contribution >= 4 is 0 Å². The molecule has 2 heteroatoms. The Hall–Kier alpha value is -1.02. The zero-order valence-corrected chi connectivity index (χ0v) is 19.2. The maximum Gasteiger partial charge on any atom is 0.125 e. The Morgan fingerprint density at radius 1 is 0.885 bits per heavy atom. The molecule has 0 heterocycles. The van der Waals surface area contributed by atoms with E-state index in [-0.39, 0.29) is 17.1 Å². The van der Waals surface area contributed by atoms with Crippen LogP contribution in [-0.2, 0) is 10.2 Å². The second kappa shape index (κ2) is 8.33. The van der Waals surface area contributed by atoms with Crippen LogP contribution < -0.4 is 4.74 Å². The first-order chi connectivity index (χ1) is 11.6. The van der Waals surface area contributed by atoms with E-state index in [2.05, 4.69) is 88.3 Å². The molecule has 0 bridgehead atoms. The summed E-state index contributed by atoms with van der Waals surface area (Å²) in [5.74, 6) is 1.02. The van der Waals surface area contributed by atoms with Crippen molar-refractivity contribution in [1.82, 2.24) is 0 Å². The monoisotopic (exact) mass is 362 g/mol. The number of rotatable bonds is 8. The number of hydrogen-bond acceptors (Lipinski definition) is 2. The Bertz CT molecular complexity index is 566. The molecule has 0 atom stereocenters. The number of benzene rings is 1. The lowest BCUT2D eigenvalue weighted by atomic mass is 9.72. The summed E-state index contributed by atoms with van der Waals surface area (Å²) in [5.41, 5.74) is 4.05. The fourth-order valence-corrected chi connectivity index (χ4v) is 3.80. The Labute approximate surface area is 162 Å². The van der Waals surface area contributed by atoms with Crippen molar-refractivity contribution in [2.24, 2.45) is 5.41 Å². The fourth-order valence-electron chi connectivity index (χ4n) is 3.80. The Morgan fingerprint density at radius 3 is 1.81 bits per heavy atom. The van der Waals surface area contributed by atoms with Crippen molar-refractivity contribution in [3.8, 4) is 5.75 Å². The van der Waals surface area contributed by atoms with E-state index < -0.39 is 0 Å². The molecular weight excluding hydrogens is 320 g/mol. The zero-order valence-electron chi connectivity index (χ0n) is 19.2. The average molecular weight is 363 g/mol. The number of hydrogen-bond donors (Lipinski definition) is 0. The minimum Gasteiger partial charge on any atom is -0.487 e. The topological polar surface area (TPSA) is 18.5 Å². The molecule has 26 heavy (non-hydrogen) atoms. The van der Waals surface area contributed by atoms with Gasteiger partial charge >= 0.3 is 0 Å².